The number of piperidine rings is 1. The zero-order valence-electron chi connectivity index (χ0n) is 19.2. The zero-order valence-corrected chi connectivity index (χ0v) is 21.5. The second-order valence-corrected chi connectivity index (χ2v) is 8.99. The Morgan fingerprint density at radius 3 is 2.20 bits per heavy atom. The molecule has 9 heteroatoms. The molecule has 2 aliphatic rings. The van der Waals surface area contributed by atoms with Crippen LogP contribution in [-0.4, -0.2) is 79.7 Å². The molecule has 2 fully saturated rings. The molecule has 0 spiro atoms. The molecule has 1 aliphatic heterocycles. The molecule has 0 bridgehead atoms. The van der Waals surface area contributed by atoms with Crippen LogP contribution in [0.25, 0.3) is 0 Å². The lowest BCUT2D eigenvalue weighted by atomic mass is 9.96. The van der Waals surface area contributed by atoms with E-state index in [4.69, 9.17) is 4.74 Å². The van der Waals surface area contributed by atoms with Crippen molar-refractivity contribution in [1.29, 1.82) is 0 Å². The molecule has 1 aliphatic carbocycles. The number of nitrogens with zero attached hydrogens (tertiary/aromatic N) is 3. The number of halogens is 1. The van der Waals surface area contributed by atoms with Gasteiger partial charge in [0, 0.05) is 52.2 Å². The topological polar surface area (TPSA) is 86.3 Å². The van der Waals surface area contributed by atoms with E-state index in [9.17, 15) is 9.59 Å². The van der Waals surface area contributed by atoms with Gasteiger partial charge in [0.2, 0.25) is 5.91 Å². The highest BCUT2D eigenvalue weighted by Crippen LogP contribution is 2.28. The molecule has 2 amide bonds. The first-order valence-corrected chi connectivity index (χ1v) is 10.9. The van der Waals surface area contributed by atoms with Gasteiger partial charge in [0.05, 0.1) is 0 Å². The summed E-state index contributed by atoms with van der Waals surface area (Å²) >= 11 is 0. The van der Waals surface area contributed by atoms with Crippen molar-refractivity contribution in [2.24, 2.45) is 16.8 Å². The minimum absolute atomic E-state index is 0. The van der Waals surface area contributed by atoms with Gasteiger partial charge in [-0.05, 0) is 59.3 Å². The summed E-state index contributed by atoms with van der Waals surface area (Å²) < 4.78 is 5.52. The Kier molecular flexibility index (Phi) is 11.2. The highest BCUT2D eigenvalue weighted by atomic mass is 127. The van der Waals surface area contributed by atoms with Crippen molar-refractivity contribution in [3.63, 3.8) is 0 Å². The van der Waals surface area contributed by atoms with Gasteiger partial charge in [0.1, 0.15) is 5.60 Å². The SMILES string of the molecule is CCN(CC1CCN(C(=NC)NCCNC(=O)C2CC2)CC1)C(=O)OC(C)(C)C.I. The van der Waals surface area contributed by atoms with Gasteiger partial charge in [-0.2, -0.15) is 0 Å². The van der Waals surface area contributed by atoms with Crippen molar-refractivity contribution in [3.05, 3.63) is 0 Å². The van der Waals surface area contributed by atoms with Crippen molar-refractivity contribution in [2.45, 2.75) is 59.0 Å². The molecule has 0 atom stereocenters. The predicted octanol–water partition coefficient (Wildman–Crippen LogP) is 2.68. The minimum Gasteiger partial charge on any atom is -0.444 e. The summed E-state index contributed by atoms with van der Waals surface area (Å²) in [5.41, 5.74) is -0.468. The maximum Gasteiger partial charge on any atom is 0.410 e. The van der Waals surface area contributed by atoms with Crippen LogP contribution in [0.1, 0.15) is 53.4 Å². The maximum absolute atomic E-state index is 12.4. The maximum atomic E-state index is 12.4. The smallest absolute Gasteiger partial charge is 0.410 e. The highest BCUT2D eigenvalue weighted by Gasteiger charge is 2.29. The van der Waals surface area contributed by atoms with Crippen LogP contribution in [0.2, 0.25) is 0 Å². The number of carbonyl (C=O) groups excluding carboxylic acids is 2. The zero-order chi connectivity index (χ0) is 21.4. The number of carbonyl (C=O) groups is 2. The second-order valence-electron chi connectivity index (χ2n) is 8.99. The molecule has 0 radical (unpaired) electrons. The Bertz CT molecular complexity index is 582. The summed E-state index contributed by atoms with van der Waals surface area (Å²) in [7, 11) is 1.79. The molecular formula is C21H40IN5O3. The van der Waals surface area contributed by atoms with Crippen LogP contribution < -0.4 is 10.6 Å². The summed E-state index contributed by atoms with van der Waals surface area (Å²) in [5.74, 6) is 1.77. The fourth-order valence-electron chi connectivity index (χ4n) is 3.48. The largest absolute Gasteiger partial charge is 0.444 e. The summed E-state index contributed by atoms with van der Waals surface area (Å²) in [6.07, 6.45) is 3.85. The predicted molar refractivity (Wildman–Crippen MR) is 130 cm³/mol. The Labute approximate surface area is 198 Å². The molecule has 2 N–H and O–H groups in total. The van der Waals surface area contributed by atoms with Crippen LogP contribution >= 0.6 is 24.0 Å². The van der Waals surface area contributed by atoms with Crippen molar-refractivity contribution in [1.82, 2.24) is 20.4 Å². The third-order valence-electron chi connectivity index (χ3n) is 5.29. The first-order valence-electron chi connectivity index (χ1n) is 10.9. The van der Waals surface area contributed by atoms with Gasteiger partial charge < -0.3 is 25.2 Å². The van der Waals surface area contributed by atoms with Crippen LogP contribution in [0.3, 0.4) is 0 Å². The lowest BCUT2D eigenvalue weighted by Gasteiger charge is -2.36. The second kappa shape index (κ2) is 12.6. The average Bonchev–Trinajstić information content (AvgIpc) is 3.50. The van der Waals surface area contributed by atoms with Crippen LogP contribution in [0.15, 0.2) is 4.99 Å². The Morgan fingerprint density at radius 1 is 1.10 bits per heavy atom. The highest BCUT2D eigenvalue weighted by molar-refractivity contribution is 14.0. The van der Waals surface area contributed by atoms with E-state index in [1.807, 2.05) is 27.7 Å². The van der Waals surface area contributed by atoms with Gasteiger partial charge in [-0.25, -0.2) is 4.79 Å². The van der Waals surface area contributed by atoms with E-state index in [1.165, 1.54) is 0 Å². The molecule has 1 heterocycles. The first-order chi connectivity index (χ1) is 13.7. The summed E-state index contributed by atoms with van der Waals surface area (Å²) in [5, 5.41) is 6.31. The van der Waals surface area contributed by atoms with Crippen LogP contribution in [-0.2, 0) is 9.53 Å². The number of hydrogen-bond acceptors (Lipinski definition) is 4. The van der Waals surface area contributed by atoms with E-state index >= 15 is 0 Å². The van der Waals surface area contributed by atoms with Gasteiger partial charge in [-0.15, -0.1) is 24.0 Å². The number of hydrogen-bond donors (Lipinski definition) is 2. The number of amides is 2. The van der Waals surface area contributed by atoms with Crippen LogP contribution in [0, 0.1) is 11.8 Å². The van der Waals surface area contributed by atoms with E-state index in [0.717, 1.165) is 51.3 Å². The van der Waals surface area contributed by atoms with Crippen LogP contribution in [0.5, 0.6) is 0 Å². The summed E-state index contributed by atoms with van der Waals surface area (Å²) in [6.45, 7) is 12.2. The van der Waals surface area contributed by atoms with Gasteiger partial charge in [0.15, 0.2) is 5.96 Å². The molecule has 0 unspecified atom stereocenters. The Morgan fingerprint density at radius 2 is 1.70 bits per heavy atom. The lowest BCUT2D eigenvalue weighted by molar-refractivity contribution is -0.122. The number of ether oxygens (including phenoxy) is 1. The van der Waals surface area contributed by atoms with E-state index in [1.54, 1.807) is 11.9 Å². The van der Waals surface area contributed by atoms with Crippen molar-refractivity contribution in [2.75, 3.05) is 46.3 Å². The number of guanidine groups is 1. The molecular weight excluding hydrogens is 497 g/mol. The first kappa shape index (κ1) is 26.8. The van der Waals surface area contributed by atoms with Gasteiger partial charge in [-0.3, -0.25) is 9.79 Å². The van der Waals surface area contributed by atoms with Gasteiger partial charge in [-0.1, -0.05) is 0 Å². The molecule has 0 aromatic heterocycles. The molecule has 174 valence electrons. The molecule has 1 saturated carbocycles. The molecule has 0 aromatic carbocycles. The fraction of sp³-hybridized carbons (Fsp3) is 0.857. The fourth-order valence-corrected chi connectivity index (χ4v) is 3.48. The average molecular weight is 537 g/mol. The number of aliphatic imine (C=N–C) groups is 1. The van der Waals surface area contributed by atoms with Crippen molar-refractivity contribution < 1.29 is 14.3 Å². The number of rotatable bonds is 7. The third-order valence-corrected chi connectivity index (χ3v) is 5.29. The Hall–Kier alpha value is -1.26. The molecule has 2 rings (SSSR count). The summed E-state index contributed by atoms with van der Waals surface area (Å²) in [6, 6.07) is 0. The van der Waals surface area contributed by atoms with E-state index in [0.29, 0.717) is 25.6 Å². The Balaban J connectivity index is 0.00000450. The van der Waals surface area contributed by atoms with E-state index in [-0.39, 0.29) is 41.9 Å². The van der Waals surface area contributed by atoms with Crippen molar-refractivity contribution >= 4 is 41.9 Å². The van der Waals surface area contributed by atoms with E-state index < -0.39 is 5.60 Å². The van der Waals surface area contributed by atoms with Gasteiger partial charge in [0.25, 0.3) is 0 Å². The van der Waals surface area contributed by atoms with E-state index in [2.05, 4.69) is 20.5 Å². The monoisotopic (exact) mass is 537 g/mol. The standard InChI is InChI=1S/C21H39N5O3.HI/c1-6-25(20(28)29-21(2,3)4)15-16-9-13-26(14-10-16)19(22-5)24-12-11-23-18(27)17-7-8-17;/h16-17H,6-15H2,1-5H3,(H,22,24)(H,23,27);1H. The summed E-state index contributed by atoms with van der Waals surface area (Å²) in [4.78, 5) is 32.5. The van der Waals surface area contributed by atoms with Crippen LogP contribution in [0.4, 0.5) is 4.79 Å². The number of nitrogens with one attached hydrogen (secondary N) is 2. The lowest BCUT2D eigenvalue weighted by Crippen LogP contribution is -2.49. The molecule has 1 saturated heterocycles. The quantitative estimate of drug-likeness (QED) is 0.226. The third kappa shape index (κ3) is 9.26. The number of likely N-dealkylation sites (tertiary alicyclic amines) is 1. The molecule has 8 nitrogen and oxygen atoms in total. The normalized spacial score (nSPS) is 17.8. The molecule has 0 aromatic rings. The molecule has 30 heavy (non-hydrogen) atoms. The van der Waals surface area contributed by atoms with Gasteiger partial charge >= 0.3 is 6.09 Å². The van der Waals surface area contributed by atoms with Crippen molar-refractivity contribution in [3.8, 4) is 0 Å². The minimum atomic E-state index is -0.468.